The number of benzene rings is 1. The minimum atomic E-state index is -0.748. The van der Waals surface area contributed by atoms with E-state index in [0.717, 1.165) is 11.1 Å². The highest BCUT2D eigenvalue weighted by atomic mass is 16.4. The molecule has 2 heteroatoms. The molecule has 2 rings (SSSR count). The third kappa shape index (κ3) is 2.68. The van der Waals surface area contributed by atoms with Gasteiger partial charge in [0.05, 0.1) is 5.92 Å². The standard InChI is InChI=1S/C15H19O2/c1-11(15(16)17)13-9-5-6-10-14(13)12-7-3-2-4-8-12/h5-6,9,11-12H,2-4,7-8H2,1H3,(H,16,17). The molecule has 0 spiro atoms. The molecular formula is C15H19O2. The van der Waals surface area contributed by atoms with Crippen LogP contribution in [0, 0.1) is 6.07 Å². The molecule has 1 radical (unpaired) electrons. The zero-order chi connectivity index (χ0) is 12.3. The minimum absolute atomic E-state index is 0.427. The number of carboxylic acid groups (broad SMARTS) is 1. The van der Waals surface area contributed by atoms with Crippen molar-refractivity contribution in [1.29, 1.82) is 0 Å². The normalized spacial score (nSPS) is 18.9. The van der Waals surface area contributed by atoms with Crippen LogP contribution >= 0.6 is 0 Å². The lowest BCUT2D eigenvalue weighted by Gasteiger charge is -2.25. The van der Waals surface area contributed by atoms with Gasteiger partial charge in [0.1, 0.15) is 0 Å². The summed E-state index contributed by atoms with van der Waals surface area (Å²) in [6, 6.07) is 9.02. The third-order valence-electron chi connectivity index (χ3n) is 3.77. The molecule has 0 heterocycles. The Morgan fingerprint density at radius 3 is 2.76 bits per heavy atom. The summed E-state index contributed by atoms with van der Waals surface area (Å²) >= 11 is 0. The topological polar surface area (TPSA) is 37.3 Å². The summed E-state index contributed by atoms with van der Waals surface area (Å²) in [7, 11) is 0. The van der Waals surface area contributed by atoms with E-state index < -0.39 is 11.9 Å². The molecule has 0 amide bonds. The fourth-order valence-electron chi connectivity index (χ4n) is 2.72. The fraction of sp³-hybridized carbons (Fsp3) is 0.533. The second-order valence-corrected chi connectivity index (χ2v) is 4.93. The molecule has 1 aliphatic rings. The van der Waals surface area contributed by atoms with E-state index in [4.69, 9.17) is 5.11 Å². The predicted molar refractivity (Wildman–Crippen MR) is 67.2 cm³/mol. The molecule has 1 unspecified atom stereocenters. The van der Waals surface area contributed by atoms with Gasteiger partial charge in [-0.05, 0) is 42.9 Å². The van der Waals surface area contributed by atoms with Crippen LogP contribution in [0.3, 0.4) is 0 Å². The van der Waals surface area contributed by atoms with Gasteiger partial charge in [0.25, 0.3) is 0 Å². The van der Waals surface area contributed by atoms with Gasteiger partial charge in [0.15, 0.2) is 0 Å². The number of carbonyl (C=O) groups is 1. The Balaban J connectivity index is 2.29. The van der Waals surface area contributed by atoms with Gasteiger partial charge in [-0.1, -0.05) is 37.5 Å². The molecule has 0 aliphatic heterocycles. The van der Waals surface area contributed by atoms with Crippen molar-refractivity contribution in [2.45, 2.75) is 50.9 Å². The average Bonchev–Trinajstić information content (AvgIpc) is 2.39. The predicted octanol–water partition coefficient (Wildman–Crippen LogP) is 3.72. The Kier molecular flexibility index (Phi) is 3.82. The highest BCUT2D eigenvalue weighted by molar-refractivity contribution is 5.76. The number of rotatable bonds is 3. The Hall–Kier alpha value is -1.31. The van der Waals surface area contributed by atoms with Gasteiger partial charge in [-0.3, -0.25) is 4.79 Å². The minimum Gasteiger partial charge on any atom is -0.481 e. The molecular weight excluding hydrogens is 212 g/mol. The van der Waals surface area contributed by atoms with E-state index in [1.807, 2.05) is 18.2 Å². The maximum atomic E-state index is 11.1. The van der Waals surface area contributed by atoms with Crippen LogP contribution < -0.4 is 0 Å². The van der Waals surface area contributed by atoms with E-state index in [9.17, 15) is 4.79 Å². The Morgan fingerprint density at radius 1 is 1.41 bits per heavy atom. The molecule has 1 N–H and O–H groups in total. The first-order chi connectivity index (χ1) is 8.20. The quantitative estimate of drug-likeness (QED) is 0.860. The van der Waals surface area contributed by atoms with E-state index in [0.29, 0.717) is 5.92 Å². The molecule has 0 aromatic heterocycles. The third-order valence-corrected chi connectivity index (χ3v) is 3.77. The first-order valence-electron chi connectivity index (χ1n) is 6.43. The van der Waals surface area contributed by atoms with Gasteiger partial charge >= 0.3 is 5.97 Å². The molecule has 1 atom stereocenters. The van der Waals surface area contributed by atoms with Crippen LogP contribution in [0.5, 0.6) is 0 Å². The Labute approximate surface area is 103 Å². The van der Waals surface area contributed by atoms with Crippen molar-refractivity contribution in [3.63, 3.8) is 0 Å². The molecule has 17 heavy (non-hydrogen) atoms. The van der Waals surface area contributed by atoms with E-state index in [1.165, 1.54) is 32.1 Å². The van der Waals surface area contributed by atoms with Gasteiger partial charge in [-0.2, -0.15) is 0 Å². The van der Waals surface area contributed by atoms with Crippen LogP contribution in [0.2, 0.25) is 0 Å². The fourth-order valence-corrected chi connectivity index (χ4v) is 2.72. The Morgan fingerprint density at radius 2 is 2.12 bits per heavy atom. The summed E-state index contributed by atoms with van der Waals surface area (Å²) in [5, 5.41) is 9.14. The maximum Gasteiger partial charge on any atom is 0.310 e. The van der Waals surface area contributed by atoms with Crippen molar-refractivity contribution in [2.75, 3.05) is 0 Å². The summed E-state index contributed by atoms with van der Waals surface area (Å²) in [6.07, 6.45) is 6.19. The number of aliphatic carboxylic acids is 1. The zero-order valence-corrected chi connectivity index (χ0v) is 10.3. The summed E-state index contributed by atoms with van der Waals surface area (Å²) in [6.45, 7) is 1.76. The first-order valence-corrected chi connectivity index (χ1v) is 6.43. The molecule has 1 aromatic carbocycles. The van der Waals surface area contributed by atoms with Crippen LogP contribution in [-0.4, -0.2) is 11.1 Å². The van der Waals surface area contributed by atoms with Crippen molar-refractivity contribution in [3.8, 4) is 0 Å². The van der Waals surface area contributed by atoms with Crippen molar-refractivity contribution in [1.82, 2.24) is 0 Å². The van der Waals surface area contributed by atoms with Gasteiger partial charge < -0.3 is 5.11 Å². The molecule has 0 bridgehead atoms. The lowest BCUT2D eigenvalue weighted by molar-refractivity contribution is -0.138. The second-order valence-electron chi connectivity index (χ2n) is 4.93. The van der Waals surface area contributed by atoms with E-state index in [-0.39, 0.29) is 0 Å². The monoisotopic (exact) mass is 231 g/mol. The van der Waals surface area contributed by atoms with Crippen LogP contribution in [0.1, 0.15) is 62.0 Å². The maximum absolute atomic E-state index is 11.1. The zero-order valence-electron chi connectivity index (χ0n) is 10.3. The van der Waals surface area contributed by atoms with Crippen LogP contribution in [-0.2, 0) is 4.79 Å². The molecule has 1 saturated carbocycles. The van der Waals surface area contributed by atoms with E-state index in [2.05, 4.69) is 6.07 Å². The van der Waals surface area contributed by atoms with Gasteiger partial charge in [-0.15, -0.1) is 0 Å². The number of hydrogen-bond acceptors (Lipinski definition) is 1. The average molecular weight is 231 g/mol. The lowest BCUT2D eigenvalue weighted by atomic mass is 9.80. The summed E-state index contributed by atoms with van der Waals surface area (Å²) in [5.74, 6) is -0.659. The Bertz CT molecular complexity index is 392. The highest BCUT2D eigenvalue weighted by Crippen LogP contribution is 2.36. The van der Waals surface area contributed by atoms with E-state index in [1.54, 1.807) is 6.92 Å². The SMILES string of the molecule is CC(C(=O)O)c1ccc[c]c1C1CCCCC1. The summed E-state index contributed by atoms with van der Waals surface area (Å²) in [5.41, 5.74) is 2.09. The first kappa shape index (κ1) is 12.2. The number of carboxylic acids is 1. The van der Waals surface area contributed by atoms with Gasteiger partial charge in [0.2, 0.25) is 0 Å². The van der Waals surface area contributed by atoms with Crippen LogP contribution in [0.25, 0.3) is 0 Å². The molecule has 2 nitrogen and oxygen atoms in total. The molecule has 0 saturated heterocycles. The largest absolute Gasteiger partial charge is 0.481 e. The molecule has 1 aromatic rings. The number of hydrogen-bond donors (Lipinski definition) is 1. The molecule has 91 valence electrons. The van der Waals surface area contributed by atoms with Gasteiger partial charge in [-0.25, -0.2) is 0 Å². The van der Waals surface area contributed by atoms with E-state index >= 15 is 0 Å². The van der Waals surface area contributed by atoms with Crippen molar-refractivity contribution in [3.05, 3.63) is 35.4 Å². The van der Waals surface area contributed by atoms with Crippen LogP contribution in [0.15, 0.2) is 18.2 Å². The second kappa shape index (κ2) is 5.35. The van der Waals surface area contributed by atoms with Crippen molar-refractivity contribution < 1.29 is 9.90 Å². The summed E-state index contributed by atoms with van der Waals surface area (Å²) in [4.78, 5) is 11.1. The van der Waals surface area contributed by atoms with Crippen LogP contribution in [0.4, 0.5) is 0 Å². The van der Waals surface area contributed by atoms with Crippen molar-refractivity contribution >= 4 is 5.97 Å². The summed E-state index contributed by atoms with van der Waals surface area (Å²) < 4.78 is 0. The molecule has 1 aliphatic carbocycles. The van der Waals surface area contributed by atoms with Gasteiger partial charge in [0, 0.05) is 0 Å². The smallest absolute Gasteiger partial charge is 0.310 e. The highest BCUT2D eigenvalue weighted by Gasteiger charge is 2.23. The lowest BCUT2D eigenvalue weighted by Crippen LogP contribution is -2.13. The van der Waals surface area contributed by atoms with Crippen molar-refractivity contribution in [2.24, 2.45) is 0 Å². The molecule has 1 fully saturated rings.